The number of alkyl halides is 1. The Hall–Kier alpha value is 0.210. The summed E-state index contributed by atoms with van der Waals surface area (Å²) in [4.78, 5) is -0.126. The standard InChI is InChI=1S/C7H13ClO2/c1-7(8)3-4-10-6(5-7)9-2/h6H,3-5H2,1-2H3/t6-,7+/m0/s1. The van der Waals surface area contributed by atoms with Crippen LogP contribution in [0.2, 0.25) is 0 Å². The first-order valence-corrected chi connectivity index (χ1v) is 3.85. The Morgan fingerprint density at radius 1 is 1.70 bits per heavy atom. The smallest absolute Gasteiger partial charge is 0.158 e. The molecule has 0 aromatic rings. The van der Waals surface area contributed by atoms with E-state index in [-0.39, 0.29) is 11.2 Å². The Balaban J connectivity index is 2.40. The van der Waals surface area contributed by atoms with Crippen LogP contribution in [-0.4, -0.2) is 24.9 Å². The van der Waals surface area contributed by atoms with E-state index in [1.54, 1.807) is 7.11 Å². The van der Waals surface area contributed by atoms with E-state index in [0.717, 1.165) is 12.8 Å². The van der Waals surface area contributed by atoms with E-state index in [1.165, 1.54) is 0 Å². The molecular weight excluding hydrogens is 152 g/mol. The van der Waals surface area contributed by atoms with Crippen LogP contribution in [0.1, 0.15) is 19.8 Å². The van der Waals surface area contributed by atoms with E-state index in [9.17, 15) is 0 Å². The van der Waals surface area contributed by atoms with Crippen LogP contribution in [0.25, 0.3) is 0 Å². The summed E-state index contributed by atoms with van der Waals surface area (Å²) in [5.74, 6) is 0. The molecule has 0 amide bonds. The third-order valence-electron chi connectivity index (χ3n) is 1.78. The zero-order valence-electron chi connectivity index (χ0n) is 6.39. The second-order valence-electron chi connectivity index (χ2n) is 2.90. The Bertz CT molecular complexity index is 114. The lowest BCUT2D eigenvalue weighted by Gasteiger charge is -2.32. The maximum Gasteiger partial charge on any atom is 0.158 e. The molecule has 2 nitrogen and oxygen atoms in total. The summed E-state index contributed by atoms with van der Waals surface area (Å²) in [5.41, 5.74) is 0. The maximum atomic E-state index is 6.09. The van der Waals surface area contributed by atoms with Crippen molar-refractivity contribution in [2.24, 2.45) is 0 Å². The lowest BCUT2D eigenvalue weighted by atomic mass is 10.0. The lowest BCUT2D eigenvalue weighted by molar-refractivity contribution is -0.152. The van der Waals surface area contributed by atoms with Gasteiger partial charge in [-0.15, -0.1) is 11.6 Å². The molecule has 1 aliphatic heterocycles. The highest BCUT2D eigenvalue weighted by molar-refractivity contribution is 6.23. The van der Waals surface area contributed by atoms with E-state index in [1.807, 2.05) is 6.92 Å². The van der Waals surface area contributed by atoms with Crippen LogP contribution in [0.3, 0.4) is 0 Å². The quantitative estimate of drug-likeness (QED) is 0.550. The predicted octanol–water partition coefficient (Wildman–Crippen LogP) is 1.77. The molecular formula is C7H13ClO2. The van der Waals surface area contributed by atoms with Crippen molar-refractivity contribution in [2.45, 2.75) is 30.9 Å². The predicted molar refractivity (Wildman–Crippen MR) is 40.2 cm³/mol. The summed E-state index contributed by atoms with van der Waals surface area (Å²) in [6, 6.07) is 0. The van der Waals surface area contributed by atoms with Crippen LogP contribution in [0.5, 0.6) is 0 Å². The van der Waals surface area contributed by atoms with Gasteiger partial charge in [0, 0.05) is 18.4 Å². The molecule has 3 heteroatoms. The molecule has 0 aromatic heterocycles. The van der Waals surface area contributed by atoms with Crippen LogP contribution in [0.4, 0.5) is 0 Å². The molecule has 0 radical (unpaired) electrons. The van der Waals surface area contributed by atoms with Crippen molar-refractivity contribution < 1.29 is 9.47 Å². The molecule has 60 valence electrons. The highest BCUT2D eigenvalue weighted by Gasteiger charge is 2.30. The first-order chi connectivity index (χ1) is 4.64. The van der Waals surface area contributed by atoms with Crippen molar-refractivity contribution in [2.75, 3.05) is 13.7 Å². The van der Waals surface area contributed by atoms with Crippen molar-refractivity contribution in [1.82, 2.24) is 0 Å². The van der Waals surface area contributed by atoms with Gasteiger partial charge in [-0.05, 0) is 13.3 Å². The normalized spacial score (nSPS) is 41.7. The van der Waals surface area contributed by atoms with Gasteiger partial charge in [0.2, 0.25) is 0 Å². The number of hydrogen-bond donors (Lipinski definition) is 0. The topological polar surface area (TPSA) is 18.5 Å². The SMILES string of the molecule is CO[C@@H]1C[C@](C)(Cl)CCO1. The average Bonchev–Trinajstić information content (AvgIpc) is 1.86. The van der Waals surface area contributed by atoms with Crippen LogP contribution in [0.15, 0.2) is 0 Å². The Kier molecular flexibility index (Phi) is 2.55. The van der Waals surface area contributed by atoms with E-state index < -0.39 is 0 Å². The Morgan fingerprint density at radius 2 is 2.40 bits per heavy atom. The first kappa shape index (κ1) is 8.31. The minimum atomic E-state index is -0.126. The number of rotatable bonds is 1. The first-order valence-electron chi connectivity index (χ1n) is 3.47. The molecule has 0 N–H and O–H groups in total. The van der Waals surface area contributed by atoms with Crippen molar-refractivity contribution in [1.29, 1.82) is 0 Å². The Morgan fingerprint density at radius 3 is 2.80 bits per heavy atom. The molecule has 1 saturated heterocycles. The summed E-state index contributed by atoms with van der Waals surface area (Å²) in [7, 11) is 1.64. The van der Waals surface area contributed by atoms with Gasteiger partial charge >= 0.3 is 0 Å². The molecule has 10 heavy (non-hydrogen) atoms. The highest BCUT2D eigenvalue weighted by atomic mass is 35.5. The van der Waals surface area contributed by atoms with Gasteiger partial charge in [0.15, 0.2) is 6.29 Å². The maximum absolute atomic E-state index is 6.09. The third kappa shape index (κ3) is 2.11. The highest BCUT2D eigenvalue weighted by Crippen LogP contribution is 2.30. The lowest BCUT2D eigenvalue weighted by Crippen LogP contribution is -2.34. The molecule has 0 bridgehead atoms. The summed E-state index contributed by atoms with van der Waals surface area (Å²) in [6.07, 6.45) is 1.59. The second kappa shape index (κ2) is 3.07. The van der Waals surface area contributed by atoms with Gasteiger partial charge in [0.1, 0.15) is 0 Å². The van der Waals surface area contributed by atoms with Gasteiger partial charge in [-0.1, -0.05) is 0 Å². The second-order valence-corrected chi connectivity index (χ2v) is 3.82. The molecule has 1 rings (SSSR count). The fourth-order valence-electron chi connectivity index (χ4n) is 1.06. The number of hydrogen-bond acceptors (Lipinski definition) is 2. The molecule has 1 fully saturated rings. The molecule has 1 aliphatic rings. The van der Waals surface area contributed by atoms with Crippen LogP contribution in [0, 0.1) is 0 Å². The summed E-state index contributed by atoms with van der Waals surface area (Å²) in [6.45, 7) is 2.72. The minimum absolute atomic E-state index is 0.101. The van der Waals surface area contributed by atoms with Crippen molar-refractivity contribution in [3.63, 3.8) is 0 Å². The van der Waals surface area contributed by atoms with Crippen molar-refractivity contribution >= 4 is 11.6 Å². The number of halogens is 1. The molecule has 0 aliphatic carbocycles. The fraction of sp³-hybridized carbons (Fsp3) is 1.00. The Labute approximate surface area is 66.5 Å². The molecule has 0 spiro atoms. The monoisotopic (exact) mass is 164 g/mol. The third-order valence-corrected chi connectivity index (χ3v) is 2.13. The number of methoxy groups -OCH3 is 1. The summed E-state index contributed by atoms with van der Waals surface area (Å²) < 4.78 is 10.3. The van der Waals surface area contributed by atoms with Gasteiger partial charge in [-0.2, -0.15) is 0 Å². The van der Waals surface area contributed by atoms with E-state index in [0.29, 0.717) is 6.61 Å². The van der Waals surface area contributed by atoms with Crippen LogP contribution in [-0.2, 0) is 9.47 Å². The van der Waals surface area contributed by atoms with Crippen LogP contribution < -0.4 is 0 Å². The van der Waals surface area contributed by atoms with E-state index >= 15 is 0 Å². The van der Waals surface area contributed by atoms with Gasteiger partial charge in [0.05, 0.1) is 6.61 Å². The molecule has 2 atom stereocenters. The van der Waals surface area contributed by atoms with Gasteiger partial charge in [-0.25, -0.2) is 0 Å². The van der Waals surface area contributed by atoms with Gasteiger partial charge in [0.25, 0.3) is 0 Å². The molecule has 0 saturated carbocycles. The van der Waals surface area contributed by atoms with Crippen molar-refractivity contribution in [3.05, 3.63) is 0 Å². The molecule has 0 aromatic carbocycles. The van der Waals surface area contributed by atoms with E-state index in [2.05, 4.69) is 0 Å². The van der Waals surface area contributed by atoms with Gasteiger partial charge < -0.3 is 9.47 Å². The zero-order chi connectivity index (χ0) is 7.61. The van der Waals surface area contributed by atoms with E-state index in [4.69, 9.17) is 21.1 Å². The largest absolute Gasteiger partial charge is 0.356 e. The molecule has 1 heterocycles. The molecule has 0 unspecified atom stereocenters. The fourth-order valence-corrected chi connectivity index (χ4v) is 1.27. The zero-order valence-corrected chi connectivity index (χ0v) is 7.15. The minimum Gasteiger partial charge on any atom is -0.356 e. The summed E-state index contributed by atoms with van der Waals surface area (Å²) in [5, 5.41) is 0. The summed E-state index contributed by atoms with van der Waals surface area (Å²) >= 11 is 6.09. The van der Waals surface area contributed by atoms with Crippen LogP contribution >= 0.6 is 11.6 Å². The average molecular weight is 165 g/mol. The van der Waals surface area contributed by atoms with Gasteiger partial charge in [-0.3, -0.25) is 0 Å². The van der Waals surface area contributed by atoms with Crippen molar-refractivity contribution in [3.8, 4) is 0 Å². The number of ether oxygens (including phenoxy) is 2.